The molecule has 1 heterocycles. The molecule has 2 rings (SSSR count). The normalized spacial score (nSPS) is 12.3. The number of ether oxygens (including phenoxy) is 3. The summed E-state index contributed by atoms with van der Waals surface area (Å²) < 4.78 is 14.7. The van der Waals surface area contributed by atoms with Crippen LogP contribution < -0.4 is 9.47 Å². The Morgan fingerprint density at radius 2 is 2.06 bits per heavy atom. The summed E-state index contributed by atoms with van der Waals surface area (Å²) in [5, 5.41) is 0. The Morgan fingerprint density at radius 3 is 2.82 bits per heavy atom. The molecule has 0 aliphatic carbocycles. The molecule has 0 radical (unpaired) electrons. The van der Waals surface area contributed by atoms with Crippen LogP contribution in [-0.2, 0) is 20.7 Å². The minimum atomic E-state index is -0.800. The second kappa shape index (κ2) is 4.86. The average Bonchev–Trinajstić information content (AvgIpc) is 2.82. The first-order valence-electron chi connectivity index (χ1n) is 5.20. The van der Waals surface area contributed by atoms with Crippen LogP contribution in [0.25, 0.3) is 0 Å². The number of benzene rings is 1. The molecule has 0 bridgehead atoms. The van der Waals surface area contributed by atoms with E-state index in [9.17, 15) is 9.59 Å². The zero-order valence-corrected chi connectivity index (χ0v) is 9.39. The summed E-state index contributed by atoms with van der Waals surface area (Å²) in [5.41, 5.74) is 0.923. The number of aryl methyl sites for hydroxylation is 1. The van der Waals surface area contributed by atoms with Crippen LogP contribution in [-0.4, -0.2) is 25.7 Å². The number of esters is 1. The van der Waals surface area contributed by atoms with Crippen LogP contribution in [0.15, 0.2) is 18.2 Å². The number of hydrogen-bond donors (Lipinski definition) is 0. The van der Waals surface area contributed by atoms with Crippen molar-refractivity contribution < 1.29 is 23.8 Å². The molecule has 0 amide bonds. The van der Waals surface area contributed by atoms with Crippen molar-refractivity contribution in [2.45, 2.75) is 12.8 Å². The van der Waals surface area contributed by atoms with Crippen LogP contribution in [0.5, 0.6) is 11.5 Å². The summed E-state index contributed by atoms with van der Waals surface area (Å²) in [6.07, 6.45) is 0.608. The third-order valence-corrected chi connectivity index (χ3v) is 2.49. The van der Waals surface area contributed by atoms with E-state index in [1.54, 1.807) is 6.07 Å². The van der Waals surface area contributed by atoms with Gasteiger partial charge in [-0.1, -0.05) is 6.07 Å². The molecule has 17 heavy (non-hydrogen) atoms. The van der Waals surface area contributed by atoms with Gasteiger partial charge in [0.05, 0.1) is 7.11 Å². The third-order valence-electron chi connectivity index (χ3n) is 2.49. The lowest BCUT2D eigenvalue weighted by molar-refractivity contribution is -0.151. The number of carbonyl (C=O) groups excluding carboxylic acids is 2. The Kier molecular flexibility index (Phi) is 3.27. The second-order valence-corrected chi connectivity index (χ2v) is 3.60. The topological polar surface area (TPSA) is 61.8 Å². The van der Waals surface area contributed by atoms with E-state index in [4.69, 9.17) is 9.47 Å². The molecule has 0 unspecified atom stereocenters. The fourth-order valence-corrected chi connectivity index (χ4v) is 1.57. The number of fused-ring (bicyclic) bond motifs is 1. The van der Waals surface area contributed by atoms with Crippen molar-refractivity contribution in [1.29, 1.82) is 0 Å². The minimum Gasteiger partial charge on any atom is -0.463 e. The van der Waals surface area contributed by atoms with Gasteiger partial charge < -0.3 is 14.2 Å². The van der Waals surface area contributed by atoms with E-state index in [1.165, 1.54) is 7.11 Å². The molecule has 0 spiro atoms. The quantitative estimate of drug-likeness (QED) is 0.578. The lowest BCUT2D eigenvalue weighted by Gasteiger charge is -2.02. The number of hydrogen-bond acceptors (Lipinski definition) is 5. The van der Waals surface area contributed by atoms with Crippen LogP contribution in [0.1, 0.15) is 12.0 Å². The molecule has 0 aromatic heterocycles. The van der Waals surface area contributed by atoms with E-state index in [-0.39, 0.29) is 13.2 Å². The molecule has 0 N–H and O–H groups in total. The summed E-state index contributed by atoms with van der Waals surface area (Å²) in [6, 6.07) is 5.45. The maximum atomic E-state index is 11.3. The molecule has 5 nitrogen and oxygen atoms in total. The van der Waals surface area contributed by atoms with E-state index >= 15 is 0 Å². The first-order valence-corrected chi connectivity index (χ1v) is 5.20. The fraction of sp³-hybridized carbons (Fsp3) is 0.333. The molecule has 0 fully saturated rings. The van der Waals surface area contributed by atoms with E-state index in [0.717, 1.165) is 5.56 Å². The molecule has 1 aliphatic heterocycles. The largest absolute Gasteiger partial charge is 0.463 e. The lowest BCUT2D eigenvalue weighted by atomic mass is 10.1. The van der Waals surface area contributed by atoms with Gasteiger partial charge in [0.2, 0.25) is 12.6 Å². The van der Waals surface area contributed by atoms with Gasteiger partial charge in [0.1, 0.15) is 0 Å². The average molecular weight is 236 g/mol. The van der Waals surface area contributed by atoms with Crippen molar-refractivity contribution in [2.75, 3.05) is 13.9 Å². The Bertz CT molecular complexity index is 452. The number of carbonyl (C=O) groups is 2. The van der Waals surface area contributed by atoms with Gasteiger partial charge in [0.25, 0.3) is 0 Å². The molecule has 1 aromatic rings. The first kappa shape index (κ1) is 11.4. The molecule has 0 atom stereocenters. The van der Waals surface area contributed by atoms with Crippen molar-refractivity contribution in [3.8, 4) is 11.5 Å². The number of methoxy groups -OCH3 is 1. The number of Topliss-reactive ketones (excluding diaryl/α,β-unsaturated/α-hetero) is 1. The second-order valence-electron chi connectivity index (χ2n) is 3.60. The predicted octanol–water partition coefficient (Wildman–Crippen LogP) is 1.09. The van der Waals surface area contributed by atoms with Gasteiger partial charge in [0, 0.05) is 6.42 Å². The Balaban J connectivity index is 1.96. The number of rotatable bonds is 4. The smallest absolute Gasteiger partial charge is 0.374 e. The van der Waals surface area contributed by atoms with E-state index in [1.807, 2.05) is 12.1 Å². The van der Waals surface area contributed by atoms with Crippen molar-refractivity contribution in [3.63, 3.8) is 0 Å². The zero-order chi connectivity index (χ0) is 12.3. The molecular formula is C12H12O5. The molecule has 0 saturated heterocycles. The van der Waals surface area contributed by atoms with Crippen molar-refractivity contribution in [3.05, 3.63) is 23.8 Å². The molecule has 0 saturated carbocycles. The highest BCUT2D eigenvalue weighted by molar-refractivity contribution is 6.33. The molecule has 1 aromatic carbocycles. The highest BCUT2D eigenvalue weighted by atomic mass is 16.7. The SMILES string of the molecule is COC(=O)C(=O)CCc1ccc2c(c1)OCO2. The Hall–Kier alpha value is -2.04. The summed E-state index contributed by atoms with van der Waals surface area (Å²) in [4.78, 5) is 22.2. The molecule has 1 aliphatic rings. The van der Waals surface area contributed by atoms with Gasteiger partial charge in [-0.2, -0.15) is 0 Å². The predicted molar refractivity (Wildman–Crippen MR) is 57.9 cm³/mol. The van der Waals surface area contributed by atoms with Crippen molar-refractivity contribution >= 4 is 11.8 Å². The standard InChI is InChI=1S/C12H12O5/c1-15-12(14)9(13)4-2-8-3-5-10-11(6-8)17-7-16-10/h3,5-6H,2,4,7H2,1H3. The third kappa shape index (κ3) is 2.55. The van der Waals surface area contributed by atoms with Crippen LogP contribution >= 0.6 is 0 Å². The monoisotopic (exact) mass is 236 g/mol. The summed E-state index contributed by atoms with van der Waals surface area (Å²) in [7, 11) is 1.20. The summed E-state index contributed by atoms with van der Waals surface area (Å²) in [6.45, 7) is 0.222. The maximum Gasteiger partial charge on any atom is 0.374 e. The highest BCUT2D eigenvalue weighted by Crippen LogP contribution is 2.32. The zero-order valence-electron chi connectivity index (χ0n) is 9.39. The van der Waals surface area contributed by atoms with Gasteiger partial charge >= 0.3 is 5.97 Å². The van der Waals surface area contributed by atoms with E-state index < -0.39 is 11.8 Å². The van der Waals surface area contributed by atoms with Gasteiger partial charge in [-0.3, -0.25) is 4.79 Å². The van der Waals surface area contributed by atoms with Crippen LogP contribution in [0.3, 0.4) is 0 Å². The van der Waals surface area contributed by atoms with Gasteiger partial charge in [0.15, 0.2) is 11.5 Å². The van der Waals surface area contributed by atoms with Crippen molar-refractivity contribution in [1.82, 2.24) is 0 Å². The van der Waals surface area contributed by atoms with Gasteiger partial charge in [-0.15, -0.1) is 0 Å². The van der Waals surface area contributed by atoms with Gasteiger partial charge in [-0.25, -0.2) is 4.79 Å². The molecule has 5 heteroatoms. The van der Waals surface area contributed by atoms with E-state index in [0.29, 0.717) is 17.9 Å². The molecular weight excluding hydrogens is 224 g/mol. The van der Waals surface area contributed by atoms with E-state index in [2.05, 4.69) is 4.74 Å². The minimum absolute atomic E-state index is 0.131. The summed E-state index contributed by atoms with van der Waals surface area (Å²) in [5.74, 6) is 0.0528. The highest BCUT2D eigenvalue weighted by Gasteiger charge is 2.16. The van der Waals surface area contributed by atoms with Crippen molar-refractivity contribution in [2.24, 2.45) is 0 Å². The Morgan fingerprint density at radius 1 is 1.29 bits per heavy atom. The van der Waals surface area contributed by atoms with Crippen LogP contribution in [0, 0.1) is 0 Å². The van der Waals surface area contributed by atoms with Crippen LogP contribution in [0.4, 0.5) is 0 Å². The summed E-state index contributed by atoms with van der Waals surface area (Å²) >= 11 is 0. The lowest BCUT2D eigenvalue weighted by Crippen LogP contribution is -2.15. The molecule has 90 valence electrons. The van der Waals surface area contributed by atoms with Gasteiger partial charge in [-0.05, 0) is 24.1 Å². The van der Waals surface area contributed by atoms with Crippen LogP contribution in [0.2, 0.25) is 0 Å². The fourth-order valence-electron chi connectivity index (χ4n) is 1.57. The maximum absolute atomic E-state index is 11.3. The number of ketones is 1. The first-order chi connectivity index (χ1) is 8.20. The Labute approximate surface area is 98.3 Å².